The van der Waals surface area contributed by atoms with E-state index in [2.05, 4.69) is 16.0 Å². The Morgan fingerprint density at radius 3 is 2.15 bits per heavy atom. The fourth-order valence-corrected chi connectivity index (χ4v) is 4.37. The minimum absolute atomic E-state index is 0.0535. The molecule has 0 aliphatic carbocycles. The Morgan fingerprint density at radius 1 is 1.03 bits per heavy atom. The summed E-state index contributed by atoms with van der Waals surface area (Å²) in [5.41, 5.74) is 4.13. The van der Waals surface area contributed by atoms with Crippen molar-refractivity contribution in [3.8, 4) is 17.2 Å². The Balaban J connectivity index is 1.83. The normalized spacial score (nSPS) is 14.9. The summed E-state index contributed by atoms with van der Waals surface area (Å²) in [5.74, 6) is 1.53. The fraction of sp³-hybridized carbons (Fsp3) is 0.440. The van der Waals surface area contributed by atoms with Crippen LogP contribution in [0.3, 0.4) is 0 Å². The van der Waals surface area contributed by atoms with Crippen molar-refractivity contribution >= 4 is 17.3 Å². The van der Waals surface area contributed by atoms with E-state index in [1.807, 2.05) is 19.1 Å². The number of ketones is 1. The Hall–Kier alpha value is -3.26. The van der Waals surface area contributed by atoms with Gasteiger partial charge in [-0.25, -0.2) is 4.79 Å². The largest absolute Gasteiger partial charge is 0.496 e. The van der Waals surface area contributed by atoms with Crippen LogP contribution in [-0.2, 0) is 4.74 Å². The number of aryl methyl sites for hydroxylation is 1. The van der Waals surface area contributed by atoms with Crippen molar-refractivity contribution in [3.63, 3.8) is 0 Å². The van der Waals surface area contributed by atoms with Gasteiger partial charge < -0.3 is 23.9 Å². The summed E-state index contributed by atoms with van der Waals surface area (Å²) < 4.78 is 21.4. The van der Waals surface area contributed by atoms with Gasteiger partial charge in [0.1, 0.15) is 17.2 Å². The van der Waals surface area contributed by atoms with Crippen LogP contribution in [0.15, 0.2) is 18.2 Å². The molecule has 1 N–H and O–H groups in total. The molecule has 1 aliphatic rings. The molecule has 0 radical (unpaired) electrons. The fourth-order valence-electron chi connectivity index (χ4n) is 4.37. The molecular formula is C25H32N2O6. The van der Waals surface area contributed by atoms with Crippen LogP contribution < -0.4 is 14.2 Å². The quantitative estimate of drug-likeness (QED) is 0.477. The Morgan fingerprint density at radius 2 is 1.67 bits per heavy atom. The molecule has 1 aliphatic heterocycles. The van der Waals surface area contributed by atoms with E-state index < -0.39 is 5.97 Å². The van der Waals surface area contributed by atoms with Gasteiger partial charge in [-0.1, -0.05) is 6.08 Å². The summed E-state index contributed by atoms with van der Waals surface area (Å²) in [7, 11) is 6.18. The molecule has 8 heteroatoms. The van der Waals surface area contributed by atoms with Crippen molar-refractivity contribution in [2.45, 2.75) is 33.2 Å². The molecule has 0 unspecified atom stereocenters. The zero-order chi connectivity index (χ0) is 24.3. The molecule has 0 bridgehead atoms. The van der Waals surface area contributed by atoms with Gasteiger partial charge in [0, 0.05) is 30.9 Å². The Bertz CT molecular complexity index is 1060. The third-order valence-corrected chi connectivity index (χ3v) is 6.28. The van der Waals surface area contributed by atoms with E-state index in [0.717, 1.165) is 17.6 Å². The maximum absolute atomic E-state index is 13.3. The van der Waals surface area contributed by atoms with Crippen molar-refractivity contribution in [3.05, 3.63) is 46.3 Å². The number of nitrogens with one attached hydrogen (secondary N) is 1. The van der Waals surface area contributed by atoms with Crippen LogP contribution in [0.4, 0.5) is 0 Å². The molecule has 8 nitrogen and oxygen atoms in total. The summed E-state index contributed by atoms with van der Waals surface area (Å²) >= 11 is 0. The van der Waals surface area contributed by atoms with Crippen LogP contribution in [0.2, 0.25) is 0 Å². The van der Waals surface area contributed by atoms with E-state index in [-0.39, 0.29) is 11.8 Å². The van der Waals surface area contributed by atoms with Crippen LogP contribution in [0.5, 0.6) is 17.2 Å². The smallest absolute Gasteiger partial charge is 0.339 e. The number of esters is 1. The number of nitrogens with zero attached hydrogens (tertiary/aromatic N) is 1. The van der Waals surface area contributed by atoms with Crippen LogP contribution in [0, 0.1) is 13.8 Å². The molecule has 178 valence electrons. The van der Waals surface area contributed by atoms with Crippen molar-refractivity contribution in [1.29, 1.82) is 0 Å². The Labute approximate surface area is 194 Å². The minimum atomic E-state index is -0.444. The second kappa shape index (κ2) is 10.1. The van der Waals surface area contributed by atoms with Crippen LogP contribution >= 0.6 is 0 Å². The SMILES string of the molecule is COC(=O)c1c(C)[nH]c(C(=O)[C@@H](C)N2CC=C(c3c(OC)cc(OC)cc3OC)CC2)c1C. The molecular weight excluding hydrogens is 424 g/mol. The predicted molar refractivity (Wildman–Crippen MR) is 126 cm³/mol. The molecule has 0 spiro atoms. The first-order valence-electron chi connectivity index (χ1n) is 10.8. The standard InChI is InChI=1S/C25H32N2O6/c1-14-21(25(29)33-7)15(2)26-23(14)24(28)16(3)27-10-8-17(9-11-27)22-19(31-5)12-18(30-4)13-20(22)32-6/h8,12-13,16,26H,9-11H2,1-7H3/t16-/m1/s1. The maximum atomic E-state index is 13.3. The number of aromatic nitrogens is 1. The van der Waals surface area contributed by atoms with E-state index in [9.17, 15) is 9.59 Å². The van der Waals surface area contributed by atoms with Gasteiger partial charge in [-0.05, 0) is 38.3 Å². The summed E-state index contributed by atoms with van der Waals surface area (Å²) in [6.45, 7) is 6.73. The number of benzene rings is 1. The highest BCUT2D eigenvalue weighted by atomic mass is 16.5. The number of Topliss-reactive ketones (excluding diaryl/α,β-unsaturated/α-hetero) is 1. The number of aromatic amines is 1. The van der Waals surface area contributed by atoms with Gasteiger partial charge in [-0.15, -0.1) is 0 Å². The van der Waals surface area contributed by atoms with Gasteiger partial charge in [-0.3, -0.25) is 9.69 Å². The highest BCUT2D eigenvalue weighted by molar-refractivity contribution is 6.03. The lowest BCUT2D eigenvalue weighted by atomic mass is 9.95. The van der Waals surface area contributed by atoms with E-state index in [1.54, 1.807) is 35.2 Å². The highest BCUT2D eigenvalue weighted by Gasteiger charge is 2.30. The average Bonchev–Trinajstić information content (AvgIpc) is 3.15. The van der Waals surface area contributed by atoms with Crippen LogP contribution in [-0.4, -0.2) is 69.2 Å². The van der Waals surface area contributed by atoms with Crippen LogP contribution in [0.1, 0.15) is 51.0 Å². The second-order valence-corrected chi connectivity index (χ2v) is 8.04. The summed E-state index contributed by atoms with van der Waals surface area (Å²) in [6.07, 6.45) is 2.83. The summed E-state index contributed by atoms with van der Waals surface area (Å²) in [5, 5.41) is 0. The first kappa shape index (κ1) is 24.4. The number of ether oxygens (including phenoxy) is 4. The average molecular weight is 457 g/mol. The summed E-state index contributed by atoms with van der Waals surface area (Å²) in [4.78, 5) is 30.5. The van der Waals surface area contributed by atoms with Crippen LogP contribution in [0.25, 0.3) is 5.57 Å². The third kappa shape index (κ3) is 4.61. The molecule has 1 atom stereocenters. The van der Waals surface area contributed by atoms with E-state index in [0.29, 0.717) is 52.9 Å². The zero-order valence-electron chi connectivity index (χ0n) is 20.3. The van der Waals surface area contributed by atoms with Crippen molar-refractivity contribution in [2.75, 3.05) is 41.5 Å². The number of H-pyrrole nitrogens is 1. The predicted octanol–water partition coefficient (Wildman–Crippen LogP) is 3.80. The molecule has 1 aromatic heterocycles. The third-order valence-electron chi connectivity index (χ3n) is 6.28. The molecule has 1 aromatic carbocycles. The number of carbonyl (C=O) groups excluding carboxylic acids is 2. The maximum Gasteiger partial charge on any atom is 0.339 e. The van der Waals surface area contributed by atoms with E-state index >= 15 is 0 Å². The molecule has 2 aromatic rings. The monoisotopic (exact) mass is 456 g/mol. The second-order valence-electron chi connectivity index (χ2n) is 8.04. The van der Waals surface area contributed by atoms with Gasteiger partial charge in [0.25, 0.3) is 0 Å². The lowest BCUT2D eigenvalue weighted by molar-refractivity contribution is 0.0599. The number of methoxy groups -OCH3 is 4. The molecule has 0 amide bonds. The molecule has 0 fully saturated rings. The highest BCUT2D eigenvalue weighted by Crippen LogP contribution is 2.41. The Kier molecular flexibility index (Phi) is 7.48. The molecule has 0 saturated carbocycles. The van der Waals surface area contributed by atoms with Crippen molar-refractivity contribution < 1.29 is 28.5 Å². The molecule has 0 saturated heterocycles. The lowest BCUT2D eigenvalue weighted by Gasteiger charge is -2.31. The summed E-state index contributed by atoms with van der Waals surface area (Å²) in [6, 6.07) is 3.32. The number of hydrogen-bond donors (Lipinski definition) is 1. The zero-order valence-corrected chi connectivity index (χ0v) is 20.3. The van der Waals surface area contributed by atoms with Gasteiger partial charge in [0.15, 0.2) is 5.78 Å². The van der Waals surface area contributed by atoms with Gasteiger partial charge in [0.05, 0.1) is 51.3 Å². The van der Waals surface area contributed by atoms with Crippen molar-refractivity contribution in [1.82, 2.24) is 9.88 Å². The topological polar surface area (TPSA) is 90.1 Å². The molecule has 2 heterocycles. The van der Waals surface area contributed by atoms with Gasteiger partial charge in [-0.2, -0.15) is 0 Å². The first-order chi connectivity index (χ1) is 15.8. The number of rotatable bonds is 8. The molecule has 3 rings (SSSR count). The van der Waals surface area contributed by atoms with Gasteiger partial charge in [0.2, 0.25) is 0 Å². The first-order valence-corrected chi connectivity index (χ1v) is 10.8. The molecule has 33 heavy (non-hydrogen) atoms. The lowest BCUT2D eigenvalue weighted by Crippen LogP contribution is -2.41. The van der Waals surface area contributed by atoms with E-state index in [1.165, 1.54) is 7.11 Å². The minimum Gasteiger partial charge on any atom is -0.496 e. The van der Waals surface area contributed by atoms with Gasteiger partial charge >= 0.3 is 5.97 Å². The number of hydrogen-bond acceptors (Lipinski definition) is 7. The van der Waals surface area contributed by atoms with Crippen molar-refractivity contribution in [2.24, 2.45) is 0 Å². The number of carbonyl (C=O) groups is 2. The van der Waals surface area contributed by atoms with E-state index in [4.69, 9.17) is 18.9 Å².